The van der Waals surface area contributed by atoms with E-state index in [0.29, 0.717) is 24.2 Å². The molecule has 36 heavy (non-hydrogen) atoms. The number of carbonyl (C=O) groups excluding carboxylic acids is 2. The van der Waals surface area contributed by atoms with Crippen LogP contribution in [0.1, 0.15) is 18.4 Å². The van der Waals surface area contributed by atoms with Crippen molar-refractivity contribution in [2.75, 3.05) is 11.4 Å². The molecule has 3 atom stereocenters. The van der Waals surface area contributed by atoms with Crippen LogP contribution in [0.25, 0.3) is 0 Å². The summed E-state index contributed by atoms with van der Waals surface area (Å²) in [6, 6.07) is 25.0. The Morgan fingerprint density at radius 3 is 1.94 bits per heavy atom. The van der Waals surface area contributed by atoms with Crippen LogP contribution in [0.15, 0.2) is 91.0 Å². The van der Waals surface area contributed by atoms with Gasteiger partial charge in [-0.1, -0.05) is 66.7 Å². The van der Waals surface area contributed by atoms with Crippen LogP contribution < -0.4 is 4.90 Å². The quantitative estimate of drug-likeness (QED) is 0.556. The van der Waals surface area contributed by atoms with E-state index in [2.05, 4.69) is 0 Å². The Kier molecular flexibility index (Phi) is 6.58. The lowest BCUT2D eigenvalue weighted by Gasteiger charge is -2.45. The minimum Gasteiger partial charge on any atom is -0.480 e. The summed E-state index contributed by atoms with van der Waals surface area (Å²) in [5.41, 5.74) is 2.12. The second kappa shape index (κ2) is 10.1. The zero-order valence-corrected chi connectivity index (χ0v) is 19.6. The van der Waals surface area contributed by atoms with Crippen LogP contribution in [-0.2, 0) is 16.1 Å². The minimum absolute atomic E-state index is 0.103. The maximum atomic E-state index is 14.0. The molecule has 2 fully saturated rings. The monoisotopic (exact) mass is 485 g/mol. The average molecular weight is 486 g/mol. The highest BCUT2D eigenvalue weighted by molar-refractivity contribution is 6.01. The molecule has 0 aliphatic carbocycles. The summed E-state index contributed by atoms with van der Waals surface area (Å²) in [5.74, 6) is -1.14. The molecule has 3 aromatic rings. The van der Waals surface area contributed by atoms with E-state index < -0.39 is 30.2 Å². The van der Waals surface area contributed by atoms with Crippen molar-refractivity contribution in [1.82, 2.24) is 9.80 Å². The lowest BCUT2D eigenvalue weighted by atomic mass is 10.0. The summed E-state index contributed by atoms with van der Waals surface area (Å²) in [5, 5.41) is 10.2. The van der Waals surface area contributed by atoms with Crippen LogP contribution >= 0.6 is 0 Å². The van der Waals surface area contributed by atoms with E-state index in [1.807, 2.05) is 91.0 Å². The number of rotatable bonds is 5. The second-order valence-electron chi connectivity index (χ2n) is 8.97. The van der Waals surface area contributed by atoms with Crippen LogP contribution in [0, 0.1) is 0 Å². The maximum Gasteiger partial charge on any atom is 0.410 e. The van der Waals surface area contributed by atoms with E-state index in [0.717, 1.165) is 5.56 Å². The number of piperazine rings is 1. The number of para-hydroxylation sites is 2. The Balaban J connectivity index is 1.41. The van der Waals surface area contributed by atoms with Gasteiger partial charge in [0.1, 0.15) is 6.61 Å². The predicted molar refractivity (Wildman–Crippen MR) is 134 cm³/mol. The molecule has 2 saturated heterocycles. The highest BCUT2D eigenvalue weighted by atomic mass is 16.6. The van der Waals surface area contributed by atoms with Crippen LogP contribution in [0.3, 0.4) is 0 Å². The van der Waals surface area contributed by atoms with Gasteiger partial charge in [-0.25, -0.2) is 14.4 Å². The molecule has 8 nitrogen and oxygen atoms in total. The number of urea groups is 1. The first-order chi connectivity index (χ1) is 17.5. The van der Waals surface area contributed by atoms with Gasteiger partial charge in [-0.3, -0.25) is 9.80 Å². The maximum absolute atomic E-state index is 14.0. The summed E-state index contributed by atoms with van der Waals surface area (Å²) in [7, 11) is 0. The Bertz CT molecular complexity index is 1180. The van der Waals surface area contributed by atoms with Crippen molar-refractivity contribution >= 4 is 29.5 Å². The molecule has 0 spiro atoms. The third-order valence-electron chi connectivity index (χ3n) is 6.79. The van der Waals surface area contributed by atoms with Gasteiger partial charge < -0.3 is 14.7 Å². The predicted octanol–water partition coefficient (Wildman–Crippen LogP) is 4.88. The molecule has 1 N–H and O–H groups in total. The lowest BCUT2D eigenvalue weighted by Crippen LogP contribution is -2.66. The fourth-order valence-corrected chi connectivity index (χ4v) is 5.18. The fourth-order valence-electron chi connectivity index (χ4n) is 5.18. The van der Waals surface area contributed by atoms with Gasteiger partial charge in [0.05, 0.1) is 23.5 Å². The first kappa shape index (κ1) is 23.4. The summed E-state index contributed by atoms with van der Waals surface area (Å²) in [6.45, 7) is 0.217. The number of carbonyl (C=O) groups is 3. The summed E-state index contributed by atoms with van der Waals surface area (Å²) < 4.78 is 5.54. The first-order valence-corrected chi connectivity index (χ1v) is 12.0. The van der Waals surface area contributed by atoms with Gasteiger partial charge >= 0.3 is 18.1 Å². The normalized spacial score (nSPS) is 20.6. The largest absolute Gasteiger partial charge is 0.480 e. The molecular formula is C28H27N3O5. The van der Waals surface area contributed by atoms with E-state index in [1.165, 1.54) is 14.7 Å². The van der Waals surface area contributed by atoms with E-state index in [4.69, 9.17) is 4.74 Å². The number of likely N-dealkylation sites (tertiary alicyclic amines) is 1. The van der Waals surface area contributed by atoms with E-state index >= 15 is 0 Å². The zero-order chi connectivity index (χ0) is 25.1. The third-order valence-corrected chi connectivity index (χ3v) is 6.79. The molecule has 8 heteroatoms. The number of carboxylic acids is 1. The van der Waals surface area contributed by atoms with Crippen molar-refractivity contribution in [3.63, 3.8) is 0 Å². The Morgan fingerprint density at radius 2 is 1.39 bits per heavy atom. The number of nitrogens with zero attached hydrogens (tertiary/aromatic N) is 3. The average Bonchev–Trinajstić information content (AvgIpc) is 3.21. The lowest BCUT2D eigenvalue weighted by molar-refractivity contribution is -0.146. The number of ether oxygens (including phenoxy) is 1. The highest BCUT2D eigenvalue weighted by Crippen LogP contribution is 2.37. The molecule has 184 valence electrons. The molecule has 0 saturated carbocycles. The molecule has 0 aromatic heterocycles. The molecule has 2 aliphatic heterocycles. The summed E-state index contributed by atoms with van der Waals surface area (Å²) in [6.07, 6.45) is 0.547. The molecular weight excluding hydrogens is 458 g/mol. The number of aliphatic carboxylic acids is 1. The van der Waals surface area contributed by atoms with Gasteiger partial charge in [0.2, 0.25) is 0 Å². The summed E-state index contributed by atoms with van der Waals surface area (Å²) >= 11 is 0. The number of anilines is 2. The molecule has 5 rings (SSSR count). The second-order valence-corrected chi connectivity index (χ2v) is 8.97. The number of hydrogen-bond acceptors (Lipinski definition) is 4. The fraction of sp³-hybridized carbons (Fsp3) is 0.250. The van der Waals surface area contributed by atoms with Gasteiger partial charge in [-0.05, 0) is 42.7 Å². The van der Waals surface area contributed by atoms with Crippen molar-refractivity contribution < 1.29 is 24.2 Å². The SMILES string of the molecule is O=C(O)[C@@H]1[C@H]2CC[C@@H](CN1C(=O)N(c1ccccc1)c1ccccc1)N2C(=O)OCc1ccccc1. The number of hydrogen-bond donors (Lipinski definition) is 1. The van der Waals surface area contributed by atoms with Crippen molar-refractivity contribution in [3.05, 3.63) is 96.6 Å². The van der Waals surface area contributed by atoms with Crippen LogP contribution in [-0.4, -0.2) is 57.7 Å². The zero-order valence-electron chi connectivity index (χ0n) is 19.6. The van der Waals surface area contributed by atoms with Crippen molar-refractivity contribution in [2.45, 2.75) is 37.6 Å². The standard InChI is InChI=1S/C28H27N3O5/c32-26(33)25-24-17-16-23(31(24)28(35)36-19-20-10-4-1-5-11-20)18-29(25)27(34)30(21-12-6-2-7-13-21)22-14-8-3-9-15-22/h1-15,23-25H,16-19H2,(H,32,33)/t23-,24+,25-/m0/s1. The number of amides is 3. The number of carboxylic acid groups (broad SMARTS) is 1. The Morgan fingerprint density at radius 1 is 0.833 bits per heavy atom. The van der Waals surface area contributed by atoms with Gasteiger partial charge in [0, 0.05) is 6.54 Å². The van der Waals surface area contributed by atoms with Crippen LogP contribution in [0.4, 0.5) is 21.0 Å². The van der Waals surface area contributed by atoms with E-state index in [-0.39, 0.29) is 19.2 Å². The highest BCUT2D eigenvalue weighted by Gasteiger charge is 2.54. The molecule has 0 unspecified atom stereocenters. The number of benzene rings is 3. The molecule has 2 heterocycles. The smallest absolute Gasteiger partial charge is 0.410 e. The number of fused-ring (bicyclic) bond motifs is 2. The van der Waals surface area contributed by atoms with Crippen molar-refractivity contribution in [1.29, 1.82) is 0 Å². The third kappa shape index (κ3) is 4.49. The molecule has 2 bridgehead atoms. The first-order valence-electron chi connectivity index (χ1n) is 12.0. The molecule has 2 aliphatic rings. The molecule has 3 aromatic carbocycles. The topological polar surface area (TPSA) is 90.4 Å². The van der Waals surface area contributed by atoms with E-state index in [1.54, 1.807) is 0 Å². The molecule has 0 radical (unpaired) electrons. The minimum atomic E-state index is -1.18. The molecule has 3 amide bonds. The van der Waals surface area contributed by atoms with Gasteiger partial charge in [0.15, 0.2) is 6.04 Å². The van der Waals surface area contributed by atoms with Crippen LogP contribution in [0.5, 0.6) is 0 Å². The van der Waals surface area contributed by atoms with Crippen molar-refractivity contribution in [3.8, 4) is 0 Å². The Hall–Kier alpha value is -4.33. The Labute approximate surface area is 209 Å². The van der Waals surface area contributed by atoms with Crippen molar-refractivity contribution in [2.24, 2.45) is 0 Å². The van der Waals surface area contributed by atoms with Gasteiger partial charge in [0.25, 0.3) is 0 Å². The van der Waals surface area contributed by atoms with E-state index in [9.17, 15) is 19.5 Å². The van der Waals surface area contributed by atoms with Gasteiger partial charge in [-0.15, -0.1) is 0 Å². The summed E-state index contributed by atoms with van der Waals surface area (Å²) in [4.78, 5) is 44.0. The van der Waals surface area contributed by atoms with Gasteiger partial charge in [-0.2, -0.15) is 0 Å². The van der Waals surface area contributed by atoms with Crippen LogP contribution in [0.2, 0.25) is 0 Å².